The van der Waals surface area contributed by atoms with Gasteiger partial charge in [-0.05, 0) is 44.2 Å². The Morgan fingerprint density at radius 3 is 2.70 bits per heavy atom. The maximum Gasteiger partial charge on any atom is 0.254 e. The summed E-state index contributed by atoms with van der Waals surface area (Å²) in [5, 5.41) is 9.97. The highest BCUT2D eigenvalue weighted by Gasteiger charge is 2.14. The summed E-state index contributed by atoms with van der Waals surface area (Å²) in [5.41, 5.74) is 7.05. The molecule has 5 heteroatoms. The summed E-state index contributed by atoms with van der Waals surface area (Å²) < 4.78 is 2.25. The minimum Gasteiger partial charge on any atom is -0.317 e. The van der Waals surface area contributed by atoms with Gasteiger partial charge in [0.25, 0.3) is 5.91 Å². The van der Waals surface area contributed by atoms with Crippen molar-refractivity contribution >= 4 is 22.9 Å². The summed E-state index contributed by atoms with van der Waals surface area (Å²) in [7, 11) is 0. The fourth-order valence-electron chi connectivity index (χ4n) is 4.45. The quantitative estimate of drug-likeness (QED) is 0.467. The van der Waals surface area contributed by atoms with Gasteiger partial charge in [-0.1, -0.05) is 55.7 Å². The lowest BCUT2D eigenvalue weighted by molar-refractivity contribution is -0.120. The fourth-order valence-corrected chi connectivity index (χ4v) is 4.45. The molecule has 0 saturated heterocycles. The van der Waals surface area contributed by atoms with Gasteiger partial charge in [0.05, 0.1) is 18.4 Å². The van der Waals surface area contributed by atoms with E-state index in [0.29, 0.717) is 12.6 Å². The van der Waals surface area contributed by atoms with Gasteiger partial charge >= 0.3 is 0 Å². The monoisotopic (exact) mass is 402 g/mol. The Balaban J connectivity index is 1.45. The molecule has 2 aromatic carbocycles. The molecule has 1 fully saturated rings. The third-order valence-corrected chi connectivity index (χ3v) is 6.03. The number of carbonyl (C=O) groups excluding carboxylic acids is 1. The van der Waals surface area contributed by atoms with E-state index in [-0.39, 0.29) is 5.91 Å². The van der Waals surface area contributed by atoms with Crippen LogP contribution in [0.5, 0.6) is 0 Å². The molecule has 1 heterocycles. The van der Waals surface area contributed by atoms with E-state index < -0.39 is 0 Å². The van der Waals surface area contributed by atoms with Crippen molar-refractivity contribution in [2.45, 2.75) is 52.0 Å². The Labute approximate surface area is 178 Å². The highest BCUT2D eigenvalue weighted by molar-refractivity contribution is 5.91. The molecule has 0 radical (unpaired) electrons. The number of aryl methyl sites for hydroxylation is 1. The predicted octanol–water partition coefficient (Wildman–Crippen LogP) is 4.62. The Morgan fingerprint density at radius 2 is 1.87 bits per heavy atom. The van der Waals surface area contributed by atoms with Crippen LogP contribution in [0, 0.1) is 13.8 Å². The van der Waals surface area contributed by atoms with Crippen LogP contribution in [-0.2, 0) is 4.79 Å². The number of hydrogen-bond acceptors (Lipinski definition) is 3. The lowest BCUT2D eigenvalue weighted by Crippen LogP contribution is -2.38. The van der Waals surface area contributed by atoms with Gasteiger partial charge in [0.15, 0.2) is 0 Å². The van der Waals surface area contributed by atoms with E-state index in [1.54, 1.807) is 6.21 Å². The molecule has 0 aliphatic heterocycles. The molecule has 30 heavy (non-hydrogen) atoms. The first-order chi connectivity index (χ1) is 14.6. The van der Waals surface area contributed by atoms with Crippen LogP contribution in [0.2, 0.25) is 0 Å². The van der Waals surface area contributed by atoms with Crippen LogP contribution >= 0.6 is 0 Å². The van der Waals surface area contributed by atoms with Crippen LogP contribution in [0.1, 0.15) is 49.1 Å². The van der Waals surface area contributed by atoms with Gasteiger partial charge in [-0.2, -0.15) is 5.10 Å². The zero-order chi connectivity index (χ0) is 20.9. The van der Waals surface area contributed by atoms with Gasteiger partial charge in [-0.15, -0.1) is 0 Å². The van der Waals surface area contributed by atoms with E-state index in [0.717, 1.165) is 35.5 Å². The van der Waals surface area contributed by atoms with E-state index in [9.17, 15) is 4.79 Å². The molecule has 0 spiro atoms. The van der Waals surface area contributed by atoms with Crippen molar-refractivity contribution in [1.82, 2.24) is 15.3 Å². The number of benzene rings is 2. The molecule has 0 unspecified atom stereocenters. The van der Waals surface area contributed by atoms with Crippen molar-refractivity contribution in [2.24, 2.45) is 5.10 Å². The topological polar surface area (TPSA) is 58.4 Å². The Bertz CT molecular complexity index is 1050. The summed E-state index contributed by atoms with van der Waals surface area (Å²) in [6, 6.07) is 17.3. The molecule has 3 aromatic rings. The average molecular weight is 403 g/mol. The number of rotatable bonds is 6. The Kier molecular flexibility index (Phi) is 6.29. The first-order valence-electron chi connectivity index (χ1n) is 10.9. The van der Waals surface area contributed by atoms with Crippen LogP contribution in [0.25, 0.3) is 16.5 Å². The third-order valence-electron chi connectivity index (χ3n) is 6.03. The molecule has 156 valence electrons. The van der Waals surface area contributed by atoms with Gasteiger partial charge in [0.2, 0.25) is 0 Å². The SMILES string of the molecule is Cc1cc(/C=N\NC(=O)CNC2CCCCC2)c(C)n1-c1cccc2ccccc12. The van der Waals surface area contributed by atoms with E-state index in [2.05, 4.69) is 82.8 Å². The van der Waals surface area contributed by atoms with Gasteiger partial charge in [0, 0.05) is 28.4 Å². The zero-order valence-electron chi connectivity index (χ0n) is 17.8. The number of nitrogens with zero attached hydrogens (tertiary/aromatic N) is 2. The van der Waals surface area contributed by atoms with Crippen LogP contribution in [0.4, 0.5) is 0 Å². The number of aromatic nitrogens is 1. The first-order valence-corrected chi connectivity index (χ1v) is 10.9. The normalized spacial score (nSPS) is 15.1. The highest BCUT2D eigenvalue weighted by Crippen LogP contribution is 2.26. The van der Waals surface area contributed by atoms with Crippen LogP contribution in [0.3, 0.4) is 0 Å². The molecule has 1 amide bonds. The van der Waals surface area contributed by atoms with Crippen molar-refractivity contribution in [3.63, 3.8) is 0 Å². The van der Waals surface area contributed by atoms with Gasteiger partial charge in [0.1, 0.15) is 0 Å². The summed E-state index contributed by atoms with van der Waals surface area (Å²) in [6.45, 7) is 4.50. The van der Waals surface area contributed by atoms with E-state index in [4.69, 9.17) is 0 Å². The summed E-state index contributed by atoms with van der Waals surface area (Å²) in [6.07, 6.45) is 7.88. The molecule has 2 N–H and O–H groups in total. The summed E-state index contributed by atoms with van der Waals surface area (Å²) in [5.74, 6) is -0.0975. The second kappa shape index (κ2) is 9.26. The standard InChI is InChI=1S/C25H30N4O/c1-18-15-21(16-27-28-25(30)17-26-22-11-4-3-5-12-22)19(2)29(18)24-14-8-10-20-9-6-7-13-23(20)24/h6-10,13-16,22,26H,3-5,11-12,17H2,1-2H3,(H,28,30)/b27-16-. The lowest BCUT2D eigenvalue weighted by atomic mass is 9.95. The number of hydrazone groups is 1. The molecule has 1 saturated carbocycles. The maximum atomic E-state index is 12.1. The molecule has 5 nitrogen and oxygen atoms in total. The Morgan fingerprint density at radius 1 is 1.10 bits per heavy atom. The largest absolute Gasteiger partial charge is 0.317 e. The molecule has 1 aliphatic carbocycles. The van der Waals surface area contributed by atoms with Gasteiger partial charge in [-0.3, -0.25) is 4.79 Å². The van der Waals surface area contributed by atoms with Crippen molar-refractivity contribution in [3.05, 3.63) is 65.5 Å². The van der Waals surface area contributed by atoms with Crippen LogP contribution in [-0.4, -0.2) is 29.3 Å². The summed E-state index contributed by atoms with van der Waals surface area (Å²) >= 11 is 0. The number of hydrogen-bond donors (Lipinski definition) is 2. The third kappa shape index (κ3) is 4.46. The smallest absolute Gasteiger partial charge is 0.254 e. The van der Waals surface area contributed by atoms with Crippen LogP contribution < -0.4 is 10.7 Å². The molecule has 0 bridgehead atoms. The van der Waals surface area contributed by atoms with E-state index in [1.807, 2.05) is 0 Å². The van der Waals surface area contributed by atoms with Crippen molar-refractivity contribution in [2.75, 3.05) is 6.54 Å². The number of carbonyl (C=O) groups is 1. The molecule has 1 aromatic heterocycles. The van der Waals surface area contributed by atoms with Crippen molar-refractivity contribution < 1.29 is 4.79 Å². The van der Waals surface area contributed by atoms with Gasteiger partial charge in [-0.25, -0.2) is 5.43 Å². The number of fused-ring (bicyclic) bond motifs is 1. The zero-order valence-corrected chi connectivity index (χ0v) is 17.8. The lowest BCUT2D eigenvalue weighted by Gasteiger charge is -2.22. The average Bonchev–Trinajstić information content (AvgIpc) is 3.05. The molecule has 4 rings (SSSR count). The number of amides is 1. The minimum absolute atomic E-state index is 0.0975. The highest BCUT2D eigenvalue weighted by atomic mass is 16.2. The molecule has 1 aliphatic rings. The molecular formula is C25H30N4O. The maximum absolute atomic E-state index is 12.1. The van der Waals surface area contributed by atoms with Crippen molar-refractivity contribution in [3.8, 4) is 5.69 Å². The molecule has 0 atom stereocenters. The Hall–Kier alpha value is -2.92. The molecular weight excluding hydrogens is 372 g/mol. The van der Waals surface area contributed by atoms with Crippen molar-refractivity contribution in [1.29, 1.82) is 0 Å². The first kappa shape index (κ1) is 20.4. The fraction of sp³-hybridized carbons (Fsp3) is 0.360. The van der Waals surface area contributed by atoms with E-state index >= 15 is 0 Å². The second-order valence-corrected chi connectivity index (χ2v) is 8.17. The second-order valence-electron chi connectivity index (χ2n) is 8.17. The van der Waals surface area contributed by atoms with Crippen LogP contribution in [0.15, 0.2) is 53.6 Å². The number of nitrogens with one attached hydrogen (secondary N) is 2. The predicted molar refractivity (Wildman–Crippen MR) is 123 cm³/mol. The van der Waals surface area contributed by atoms with E-state index in [1.165, 1.54) is 30.0 Å². The van der Waals surface area contributed by atoms with Gasteiger partial charge < -0.3 is 9.88 Å². The summed E-state index contributed by atoms with van der Waals surface area (Å²) in [4.78, 5) is 12.1. The minimum atomic E-state index is -0.0975.